The van der Waals surface area contributed by atoms with Gasteiger partial charge in [0.2, 0.25) is 0 Å². The van der Waals surface area contributed by atoms with Crippen molar-refractivity contribution in [3.8, 4) is 0 Å². The van der Waals surface area contributed by atoms with Crippen molar-refractivity contribution < 1.29 is 4.79 Å². The Hall–Kier alpha value is -1.66. The molecule has 0 bridgehead atoms. The zero-order valence-electron chi connectivity index (χ0n) is 15.7. The number of nitrogens with zero attached hydrogens (tertiary/aromatic N) is 3. The maximum atomic E-state index is 13.0. The second kappa shape index (κ2) is 9.23. The van der Waals surface area contributed by atoms with Gasteiger partial charge in [0, 0.05) is 55.2 Å². The zero-order chi connectivity index (χ0) is 18.8. The number of benzene rings is 1. The molecule has 0 spiro atoms. The molecule has 7 heteroatoms. The summed E-state index contributed by atoms with van der Waals surface area (Å²) in [6.45, 7) is 6.36. The summed E-state index contributed by atoms with van der Waals surface area (Å²) in [5.41, 5.74) is 2.48. The lowest BCUT2D eigenvalue weighted by molar-refractivity contribution is 0.0643. The Balaban J connectivity index is 0.00000225. The Morgan fingerprint density at radius 3 is 2.57 bits per heavy atom. The highest BCUT2D eigenvalue weighted by Crippen LogP contribution is 2.36. The number of pyridine rings is 1. The summed E-state index contributed by atoms with van der Waals surface area (Å²) >= 11 is 8.02. The minimum atomic E-state index is 0. The summed E-state index contributed by atoms with van der Waals surface area (Å²) in [6, 6.07) is 10.3. The molecule has 0 unspecified atom stereocenters. The van der Waals surface area contributed by atoms with Crippen LogP contribution in [0.3, 0.4) is 0 Å². The van der Waals surface area contributed by atoms with Gasteiger partial charge >= 0.3 is 0 Å². The van der Waals surface area contributed by atoms with Crippen molar-refractivity contribution in [2.24, 2.45) is 0 Å². The molecule has 0 radical (unpaired) electrons. The van der Waals surface area contributed by atoms with Gasteiger partial charge in [0.05, 0.1) is 5.02 Å². The predicted molar refractivity (Wildman–Crippen MR) is 119 cm³/mol. The molecular weight excluding hydrogens is 413 g/mol. The molecular formula is C21H23Cl2N3OS. The van der Waals surface area contributed by atoms with Crippen LogP contribution in [0.2, 0.25) is 5.02 Å². The van der Waals surface area contributed by atoms with Crippen LogP contribution >= 0.6 is 35.3 Å². The van der Waals surface area contributed by atoms with E-state index < -0.39 is 0 Å². The third-order valence-electron chi connectivity index (χ3n) is 5.10. The number of carbonyl (C=O) groups excluding carboxylic acids is 1. The Morgan fingerprint density at radius 2 is 1.86 bits per heavy atom. The van der Waals surface area contributed by atoms with Crippen LogP contribution in [0.1, 0.15) is 20.8 Å². The lowest BCUT2D eigenvalue weighted by Gasteiger charge is -2.34. The van der Waals surface area contributed by atoms with Gasteiger partial charge in [-0.2, -0.15) is 0 Å². The summed E-state index contributed by atoms with van der Waals surface area (Å²) in [5.74, 6) is 0.0626. The number of carbonyl (C=O) groups is 1. The van der Waals surface area contributed by atoms with Crippen LogP contribution in [-0.4, -0.2) is 53.4 Å². The smallest absolute Gasteiger partial charge is 0.265 e. The van der Waals surface area contributed by atoms with E-state index >= 15 is 0 Å². The number of fused-ring (bicyclic) bond motifs is 1. The van der Waals surface area contributed by atoms with Gasteiger partial charge < -0.3 is 4.90 Å². The fourth-order valence-electron chi connectivity index (χ4n) is 3.46. The molecule has 1 aliphatic rings. The fraction of sp³-hybridized carbons (Fsp3) is 0.333. The molecule has 1 amide bonds. The zero-order valence-corrected chi connectivity index (χ0v) is 18.1. The van der Waals surface area contributed by atoms with E-state index in [4.69, 9.17) is 11.6 Å². The van der Waals surface area contributed by atoms with Crippen LogP contribution in [0.4, 0.5) is 0 Å². The van der Waals surface area contributed by atoms with Gasteiger partial charge in [-0.25, -0.2) is 0 Å². The standard InChI is InChI=1S/C21H22ClN3OS.ClH/c1-15-2-3-17-18(14-15)27-20(19(17)22)21(26)25-12-10-24(11-13-25)9-6-16-4-7-23-8-5-16;/h2-5,7-8,14H,6,9-13H2,1H3;1H. The van der Waals surface area contributed by atoms with E-state index in [0.717, 1.165) is 49.2 Å². The van der Waals surface area contributed by atoms with Gasteiger partial charge in [-0.05, 0) is 42.7 Å². The lowest BCUT2D eigenvalue weighted by Crippen LogP contribution is -2.49. The third-order valence-corrected chi connectivity index (χ3v) is 6.75. The number of hydrogen-bond acceptors (Lipinski definition) is 4. The SMILES string of the molecule is Cc1ccc2c(Cl)c(C(=O)N3CCN(CCc4ccncc4)CC3)sc2c1.Cl. The molecule has 28 heavy (non-hydrogen) atoms. The van der Waals surface area contributed by atoms with Crippen LogP contribution in [0.15, 0.2) is 42.7 Å². The van der Waals surface area contributed by atoms with Crippen molar-refractivity contribution in [1.82, 2.24) is 14.8 Å². The van der Waals surface area contributed by atoms with E-state index in [2.05, 4.69) is 35.0 Å². The van der Waals surface area contributed by atoms with Crippen LogP contribution in [-0.2, 0) is 6.42 Å². The Morgan fingerprint density at radius 1 is 1.14 bits per heavy atom. The Labute approximate surface area is 180 Å². The number of rotatable bonds is 4. The van der Waals surface area contributed by atoms with Gasteiger partial charge in [0.1, 0.15) is 4.88 Å². The maximum absolute atomic E-state index is 13.0. The summed E-state index contributed by atoms with van der Waals surface area (Å²) in [5, 5.41) is 1.58. The normalized spacial score (nSPS) is 14.9. The summed E-state index contributed by atoms with van der Waals surface area (Å²) in [6.07, 6.45) is 4.68. The lowest BCUT2D eigenvalue weighted by atomic mass is 10.2. The Bertz CT molecular complexity index is 953. The van der Waals surface area contributed by atoms with Crippen LogP contribution in [0, 0.1) is 6.92 Å². The van der Waals surface area contributed by atoms with E-state index in [-0.39, 0.29) is 18.3 Å². The Kier molecular flexibility index (Phi) is 6.94. The molecule has 148 valence electrons. The molecule has 1 fully saturated rings. The first-order chi connectivity index (χ1) is 13.1. The summed E-state index contributed by atoms with van der Waals surface area (Å²) in [4.78, 5) is 22.1. The summed E-state index contributed by atoms with van der Waals surface area (Å²) < 4.78 is 1.08. The van der Waals surface area contributed by atoms with Gasteiger partial charge in [0.25, 0.3) is 5.91 Å². The first-order valence-corrected chi connectivity index (χ1v) is 10.4. The van der Waals surface area contributed by atoms with Gasteiger partial charge in [-0.3, -0.25) is 14.7 Å². The third kappa shape index (κ3) is 4.49. The molecule has 0 atom stereocenters. The van der Waals surface area contributed by atoms with Crippen molar-refractivity contribution in [3.05, 3.63) is 63.8 Å². The number of aromatic nitrogens is 1. The van der Waals surface area contributed by atoms with Crippen molar-refractivity contribution in [2.75, 3.05) is 32.7 Å². The van der Waals surface area contributed by atoms with Crippen molar-refractivity contribution in [2.45, 2.75) is 13.3 Å². The molecule has 4 rings (SSSR count). The van der Waals surface area contributed by atoms with Crippen molar-refractivity contribution in [3.63, 3.8) is 0 Å². The number of amides is 1. The van der Waals surface area contributed by atoms with Crippen molar-refractivity contribution >= 4 is 51.3 Å². The largest absolute Gasteiger partial charge is 0.335 e. The van der Waals surface area contributed by atoms with Crippen LogP contribution in [0.5, 0.6) is 0 Å². The fourth-order valence-corrected chi connectivity index (χ4v) is 5.04. The molecule has 3 aromatic rings. The number of thiophene rings is 1. The number of aryl methyl sites for hydroxylation is 1. The topological polar surface area (TPSA) is 36.4 Å². The molecule has 1 aliphatic heterocycles. The number of halogens is 2. The first kappa shape index (κ1) is 21.1. The highest BCUT2D eigenvalue weighted by atomic mass is 35.5. The molecule has 4 nitrogen and oxygen atoms in total. The average Bonchev–Trinajstić information content (AvgIpc) is 3.02. The van der Waals surface area contributed by atoms with Gasteiger partial charge in [0.15, 0.2) is 0 Å². The maximum Gasteiger partial charge on any atom is 0.265 e. The van der Waals surface area contributed by atoms with E-state index in [1.54, 1.807) is 0 Å². The van der Waals surface area contributed by atoms with Gasteiger partial charge in [-0.15, -0.1) is 23.7 Å². The number of piperazine rings is 1. The second-order valence-corrected chi connectivity index (χ2v) is 8.41. The van der Waals surface area contributed by atoms with Crippen LogP contribution in [0.25, 0.3) is 10.1 Å². The monoisotopic (exact) mass is 435 g/mol. The predicted octanol–water partition coefficient (Wildman–Crippen LogP) is 4.68. The molecule has 2 aromatic heterocycles. The quantitative estimate of drug-likeness (QED) is 0.596. The molecule has 1 saturated heterocycles. The molecule has 3 heterocycles. The average molecular weight is 436 g/mol. The minimum Gasteiger partial charge on any atom is -0.335 e. The van der Waals surface area contributed by atoms with E-state index in [0.29, 0.717) is 9.90 Å². The second-order valence-electron chi connectivity index (χ2n) is 6.98. The molecule has 1 aromatic carbocycles. The van der Waals surface area contributed by atoms with Gasteiger partial charge in [-0.1, -0.05) is 23.7 Å². The molecule has 0 N–H and O–H groups in total. The molecule has 0 saturated carbocycles. The van der Waals surface area contributed by atoms with E-state index in [9.17, 15) is 4.79 Å². The van der Waals surface area contributed by atoms with E-state index in [1.165, 1.54) is 22.5 Å². The number of hydrogen-bond donors (Lipinski definition) is 0. The summed E-state index contributed by atoms with van der Waals surface area (Å²) in [7, 11) is 0. The highest BCUT2D eigenvalue weighted by molar-refractivity contribution is 7.21. The van der Waals surface area contributed by atoms with Crippen LogP contribution < -0.4 is 0 Å². The minimum absolute atomic E-state index is 0. The highest BCUT2D eigenvalue weighted by Gasteiger charge is 2.26. The first-order valence-electron chi connectivity index (χ1n) is 9.21. The molecule has 0 aliphatic carbocycles. The van der Waals surface area contributed by atoms with Crippen molar-refractivity contribution in [1.29, 1.82) is 0 Å². The van der Waals surface area contributed by atoms with E-state index in [1.807, 2.05) is 29.4 Å².